The number of ether oxygens (including phenoxy) is 1. The van der Waals surface area contributed by atoms with Crippen LogP contribution in [0.5, 0.6) is 0 Å². The molecule has 116 valence electrons. The van der Waals surface area contributed by atoms with Crippen molar-refractivity contribution in [2.75, 3.05) is 13.1 Å². The van der Waals surface area contributed by atoms with Crippen LogP contribution in [-0.2, 0) is 11.3 Å². The summed E-state index contributed by atoms with van der Waals surface area (Å²) in [5.41, 5.74) is 0.953. The van der Waals surface area contributed by atoms with Crippen molar-refractivity contribution in [1.82, 2.24) is 5.32 Å². The standard InChI is InChI=1S/C17H26N2O2/c1-17(2,3)21-16(20)18-15-9-11-19(12-10-15)13-14-7-5-4-6-8-14/h4-8,15H,9-13H2,1-3H3,(H,18,20)/p+1. The molecule has 0 saturated carbocycles. The Bertz CT molecular complexity index is 446. The lowest BCUT2D eigenvalue weighted by Gasteiger charge is -2.30. The van der Waals surface area contributed by atoms with Crippen molar-refractivity contribution in [3.8, 4) is 0 Å². The van der Waals surface area contributed by atoms with Gasteiger partial charge in [0.2, 0.25) is 0 Å². The van der Waals surface area contributed by atoms with Crippen molar-refractivity contribution in [1.29, 1.82) is 0 Å². The highest BCUT2D eigenvalue weighted by molar-refractivity contribution is 5.68. The Morgan fingerprint density at radius 2 is 1.86 bits per heavy atom. The van der Waals surface area contributed by atoms with Crippen LogP contribution < -0.4 is 10.2 Å². The van der Waals surface area contributed by atoms with E-state index in [2.05, 4.69) is 35.6 Å². The summed E-state index contributed by atoms with van der Waals surface area (Å²) in [6.07, 6.45) is 1.74. The third-order valence-corrected chi connectivity index (χ3v) is 3.71. The number of hydrogen-bond donors (Lipinski definition) is 2. The fourth-order valence-corrected chi connectivity index (χ4v) is 2.71. The molecule has 0 spiro atoms. The number of benzene rings is 1. The minimum atomic E-state index is -0.427. The highest BCUT2D eigenvalue weighted by Gasteiger charge is 2.25. The van der Waals surface area contributed by atoms with Crippen molar-refractivity contribution in [2.24, 2.45) is 0 Å². The first-order chi connectivity index (χ1) is 9.92. The number of carbonyl (C=O) groups is 1. The van der Waals surface area contributed by atoms with Crippen LogP contribution in [0.15, 0.2) is 30.3 Å². The average Bonchev–Trinajstić information content (AvgIpc) is 2.40. The van der Waals surface area contributed by atoms with Gasteiger partial charge in [-0.15, -0.1) is 0 Å². The molecule has 1 amide bonds. The average molecular weight is 291 g/mol. The van der Waals surface area contributed by atoms with Crippen LogP contribution in [0.25, 0.3) is 0 Å². The van der Waals surface area contributed by atoms with Crippen LogP contribution >= 0.6 is 0 Å². The van der Waals surface area contributed by atoms with E-state index in [1.807, 2.05) is 20.8 Å². The van der Waals surface area contributed by atoms with Gasteiger partial charge in [-0.3, -0.25) is 0 Å². The van der Waals surface area contributed by atoms with Crippen LogP contribution in [-0.4, -0.2) is 30.8 Å². The zero-order valence-electron chi connectivity index (χ0n) is 13.3. The quantitative estimate of drug-likeness (QED) is 0.891. The van der Waals surface area contributed by atoms with Gasteiger partial charge in [0.05, 0.1) is 13.1 Å². The number of alkyl carbamates (subject to hydrolysis) is 1. The lowest BCUT2D eigenvalue weighted by atomic mass is 10.0. The van der Waals surface area contributed by atoms with Crippen LogP contribution in [0, 0.1) is 0 Å². The maximum Gasteiger partial charge on any atom is 0.407 e. The molecule has 1 saturated heterocycles. The van der Waals surface area contributed by atoms with Crippen LogP contribution in [0.3, 0.4) is 0 Å². The normalized spacial score (nSPS) is 22.6. The first-order valence-electron chi connectivity index (χ1n) is 7.79. The number of carbonyl (C=O) groups excluding carboxylic acids is 1. The van der Waals surface area contributed by atoms with Gasteiger partial charge in [-0.05, 0) is 20.8 Å². The molecule has 2 rings (SSSR count). The number of quaternary nitrogens is 1. The Kier molecular flexibility index (Phi) is 5.23. The maximum atomic E-state index is 11.8. The van der Waals surface area contributed by atoms with Gasteiger partial charge in [-0.1, -0.05) is 30.3 Å². The molecule has 0 radical (unpaired) electrons. The molecule has 21 heavy (non-hydrogen) atoms. The summed E-state index contributed by atoms with van der Waals surface area (Å²) >= 11 is 0. The summed E-state index contributed by atoms with van der Waals surface area (Å²) in [4.78, 5) is 13.3. The molecule has 0 atom stereocenters. The van der Waals surface area contributed by atoms with E-state index < -0.39 is 5.60 Å². The van der Waals surface area contributed by atoms with Gasteiger partial charge >= 0.3 is 6.09 Å². The molecule has 1 heterocycles. The summed E-state index contributed by atoms with van der Waals surface area (Å²) < 4.78 is 5.31. The smallest absolute Gasteiger partial charge is 0.407 e. The van der Waals surface area contributed by atoms with E-state index in [1.54, 1.807) is 4.90 Å². The molecule has 0 aliphatic carbocycles. The molecule has 1 aliphatic rings. The molecule has 1 aromatic carbocycles. The highest BCUT2D eigenvalue weighted by atomic mass is 16.6. The van der Waals surface area contributed by atoms with Gasteiger partial charge in [0.25, 0.3) is 0 Å². The van der Waals surface area contributed by atoms with Gasteiger partial charge < -0.3 is 15.0 Å². The molecule has 4 nitrogen and oxygen atoms in total. The predicted molar refractivity (Wildman–Crippen MR) is 83.2 cm³/mol. The number of hydrogen-bond acceptors (Lipinski definition) is 2. The fourth-order valence-electron chi connectivity index (χ4n) is 2.71. The van der Waals surface area contributed by atoms with Crippen LogP contribution in [0.1, 0.15) is 39.2 Å². The van der Waals surface area contributed by atoms with E-state index >= 15 is 0 Å². The minimum absolute atomic E-state index is 0.249. The predicted octanol–water partition coefficient (Wildman–Crippen LogP) is 1.76. The molecule has 0 bridgehead atoms. The minimum Gasteiger partial charge on any atom is -0.444 e. The summed E-state index contributed by atoms with van der Waals surface area (Å²) in [5, 5.41) is 2.99. The van der Waals surface area contributed by atoms with Crippen molar-refractivity contribution < 1.29 is 14.4 Å². The van der Waals surface area contributed by atoms with E-state index in [0.29, 0.717) is 0 Å². The molecule has 4 heteroatoms. The number of piperidine rings is 1. The Morgan fingerprint density at radius 1 is 1.24 bits per heavy atom. The molecule has 0 unspecified atom stereocenters. The van der Waals surface area contributed by atoms with Crippen LogP contribution in [0.2, 0.25) is 0 Å². The van der Waals surface area contributed by atoms with Crippen LogP contribution in [0.4, 0.5) is 4.79 Å². The Labute approximate surface area is 127 Å². The fraction of sp³-hybridized carbons (Fsp3) is 0.588. The first-order valence-corrected chi connectivity index (χ1v) is 7.79. The van der Waals surface area contributed by atoms with Gasteiger partial charge in [-0.25, -0.2) is 4.79 Å². The molecular weight excluding hydrogens is 264 g/mol. The first kappa shape index (κ1) is 15.8. The van der Waals surface area contributed by atoms with Gasteiger partial charge in [0.15, 0.2) is 0 Å². The highest BCUT2D eigenvalue weighted by Crippen LogP contribution is 2.08. The zero-order valence-corrected chi connectivity index (χ0v) is 13.3. The SMILES string of the molecule is CC(C)(C)OC(=O)NC1CC[NH+](Cc2ccccc2)CC1. The molecule has 1 aliphatic heterocycles. The number of amides is 1. The van der Waals surface area contributed by atoms with Crippen molar-refractivity contribution in [2.45, 2.75) is 51.8 Å². The molecule has 0 aromatic heterocycles. The number of nitrogens with one attached hydrogen (secondary N) is 2. The van der Waals surface area contributed by atoms with E-state index in [0.717, 1.165) is 32.5 Å². The lowest BCUT2D eigenvalue weighted by molar-refractivity contribution is -0.918. The number of likely N-dealkylation sites (tertiary alicyclic amines) is 1. The van der Waals surface area contributed by atoms with Gasteiger partial charge in [-0.2, -0.15) is 0 Å². The number of rotatable bonds is 3. The second kappa shape index (κ2) is 6.94. The van der Waals surface area contributed by atoms with Gasteiger partial charge in [0.1, 0.15) is 12.1 Å². The van der Waals surface area contributed by atoms with Crippen molar-refractivity contribution >= 4 is 6.09 Å². The third-order valence-electron chi connectivity index (χ3n) is 3.71. The monoisotopic (exact) mass is 291 g/mol. The summed E-state index contributed by atoms with van der Waals surface area (Å²) in [6, 6.07) is 10.8. The van der Waals surface area contributed by atoms with E-state index in [4.69, 9.17) is 4.74 Å². The largest absolute Gasteiger partial charge is 0.444 e. The summed E-state index contributed by atoms with van der Waals surface area (Å²) in [5.74, 6) is 0. The van der Waals surface area contributed by atoms with E-state index in [-0.39, 0.29) is 12.1 Å². The Morgan fingerprint density at radius 3 is 2.43 bits per heavy atom. The van der Waals surface area contributed by atoms with Crippen molar-refractivity contribution in [3.05, 3.63) is 35.9 Å². The molecule has 2 N–H and O–H groups in total. The zero-order chi connectivity index (χ0) is 15.3. The van der Waals surface area contributed by atoms with E-state index in [9.17, 15) is 4.79 Å². The molecule has 1 fully saturated rings. The van der Waals surface area contributed by atoms with Gasteiger partial charge in [0, 0.05) is 24.4 Å². The second-order valence-electron chi connectivity index (χ2n) is 6.83. The maximum absolute atomic E-state index is 11.8. The van der Waals surface area contributed by atoms with Crippen molar-refractivity contribution in [3.63, 3.8) is 0 Å². The summed E-state index contributed by atoms with van der Waals surface area (Å²) in [7, 11) is 0. The topological polar surface area (TPSA) is 42.8 Å². The molecule has 1 aromatic rings. The Hall–Kier alpha value is -1.55. The summed E-state index contributed by atoms with van der Waals surface area (Å²) in [6.45, 7) is 8.92. The van der Waals surface area contributed by atoms with E-state index in [1.165, 1.54) is 5.56 Å². The third kappa shape index (κ3) is 5.76. The lowest BCUT2D eigenvalue weighted by Crippen LogP contribution is -3.12. The second-order valence-corrected chi connectivity index (χ2v) is 6.83. The molecular formula is C17H27N2O2+. The Balaban J connectivity index is 1.72.